The summed E-state index contributed by atoms with van der Waals surface area (Å²) in [5.74, 6) is 0.796. The fraction of sp³-hybridized carbons (Fsp3) is 0.556. The van der Waals surface area contributed by atoms with E-state index in [1.54, 1.807) is 19.2 Å². The largest absolute Gasteiger partial charge is 0.490 e. The number of nitrogens with zero attached hydrogens (tertiary/aromatic N) is 1. The zero-order chi connectivity index (χ0) is 18.8. The molecule has 0 bridgehead atoms. The summed E-state index contributed by atoms with van der Waals surface area (Å²) in [7, 11) is 2.95. The average molecular weight is 353 g/mol. The monoisotopic (exact) mass is 353 g/mol. The molecule has 0 aliphatic carbocycles. The van der Waals surface area contributed by atoms with Crippen LogP contribution in [0.5, 0.6) is 17.2 Å². The second kappa shape index (κ2) is 10.4. The highest BCUT2D eigenvalue weighted by molar-refractivity contribution is 5.95. The maximum Gasteiger partial charge on any atom is 0.307 e. The highest BCUT2D eigenvalue weighted by Gasteiger charge is 2.20. The highest BCUT2D eigenvalue weighted by Crippen LogP contribution is 2.39. The van der Waals surface area contributed by atoms with E-state index in [0.29, 0.717) is 42.6 Å². The van der Waals surface area contributed by atoms with Gasteiger partial charge in [0.2, 0.25) is 5.75 Å². The second-order valence-electron chi connectivity index (χ2n) is 5.15. The molecule has 1 amide bonds. The summed E-state index contributed by atoms with van der Waals surface area (Å²) in [6.07, 6.45) is 0.131. The molecule has 0 atom stereocenters. The molecular weight excluding hydrogens is 326 g/mol. The van der Waals surface area contributed by atoms with Gasteiger partial charge >= 0.3 is 5.97 Å². The molecule has 1 aromatic carbocycles. The highest BCUT2D eigenvalue weighted by atomic mass is 16.5. The molecule has 0 saturated heterocycles. The summed E-state index contributed by atoms with van der Waals surface area (Å²) in [6, 6.07) is 3.27. The van der Waals surface area contributed by atoms with Crippen molar-refractivity contribution in [3.8, 4) is 17.2 Å². The van der Waals surface area contributed by atoms with Crippen molar-refractivity contribution in [2.45, 2.75) is 27.2 Å². The van der Waals surface area contributed by atoms with Crippen molar-refractivity contribution in [2.75, 3.05) is 40.5 Å². The van der Waals surface area contributed by atoms with Gasteiger partial charge in [-0.25, -0.2) is 0 Å². The molecule has 7 nitrogen and oxygen atoms in total. The Bertz CT molecular complexity index is 560. The Morgan fingerprint density at radius 3 is 1.92 bits per heavy atom. The minimum absolute atomic E-state index is 0.131. The van der Waals surface area contributed by atoms with E-state index in [-0.39, 0.29) is 24.8 Å². The van der Waals surface area contributed by atoms with Crippen LogP contribution < -0.4 is 14.2 Å². The van der Waals surface area contributed by atoms with Gasteiger partial charge in [-0.1, -0.05) is 0 Å². The van der Waals surface area contributed by atoms with Gasteiger partial charge in [0.05, 0.1) is 33.4 Å². The van der Waals surface area contributed by atoms with Crippen molar-refractivity contribution in [3.63, 3.8) is 0 Å². The molecule has 0 fully saturated rings. The number of methoxy groups -OCH3 is 1. The van der Waals surface area contributed by atoms with Crippen LogP contribution in [-0.4, -0.2) is 57.3 Å². The Kier molecular flexibility index (Phi) is 8.60. The number of carbonyl (C=O) groups is 2. The van der Waals surface area contributed by atoms with Crippen LogP contribution in [0.25, 0.3) is 0 Å². The van der Waals surface area contributed by atoms with Gasteiger partial charge in [0.15, 0.2) is 11.5 Å². The molecule has 0 N–H and O–H groups in total. The van der Waals surface area contributed by atoms with Crippen LogP contribution in [-0.2, 0) is 9.53 Å². The van der Waals surface area contributed by atoms with Crippen LogP contribution in [0, 0.1) is 0 Å². The molecule has 0 aliphatic rings. The minimum Gasteiger partial charge on any atom is -0.490 e. The van der Waals surface area contributed by atoms with E-state index in [2.05, 4.69) is 4.74 Å². The van der Waals surface area contributed by atoms with Gasteiger partial charge in [0.1, 0.15) is 0 Å². The number of amides is 1. The zero-order valence-corrected chi connectivity index (χ0v) is 15.6. The number of hydrogen-bond acceptors (Lipinski definition) is 6. The SMILES string of the molecule is CCOc1cc(C(=O)N(C)CCC(=O)OC)cc(OCC)c1OCC. The quantitative estimate of drug-likeness (QED) is 0.602. The van der Waals surface area contributed by atoms with E-state index in [1.807, 2.05) is 20.8 Å². The van der Waals surface area contributed by atoms with Gasteiger partial charge in [0, 0.05) is 19.2 Å². The number of rotatable bonds is 10. The lowest BCUT2D eigenvalue weighted by atomic mass is 10.1. The Hall–Kier alpha value is -2.44. The fourth-order valence-electron chi connectivity index (χ4n) is 2.20. The van der Waals surface area contributed by atoms with Crippen molar-refractivity contribution in [3.05, 3.63) is 17.7 Å². The van der Waals surface area contributed by atoms with E-state index in [1.165, 1.54) is 12.0 Å². The first-order valence-corrected chi connectivity index (χ1v) is 8.37. The summed E-state index contributed by atoms with van der Waals surface area (Å²) in [5, 5.41) is 0. The number of esters is 1. The van der Waals surface area contributed by atoms with Crippen molar-refractivity contribution >= 4 is 11.9 Å². The summed E-state index contributed by atoms with van der Waals surface area (Å²) in [4.78, 5) is 25.4. The van der Waals surface area contributed by atoms with Crippen molar-refractivity contribution < 1.29 is 28.5 Å². The lowest BCUT2D eigenvalue weighted by molar-refractivity contribution is -0.140. The average Bonchev–Trinajstić information content (AvgIpc) is 2.61. The van der Waals surface area contributed by atoms with E-state index in [4.69, 9.17) is 14.2 Å². The first kappa shape index (κ1) is 20.6. The molecule has 0 aliphatic heterocycles. The molecule has 25 heavy (non-hydrogen) atoms. The molecule has 0 heterocycles. The number of carbonyl (C=O) groups excluding carboxylic acids is 2. The zero-order valence-electron chi connectivity index (χ0n) is 15.6. The Morgan fingerprint density at radius 1 is 0.960 bits per heavy atom. The lowest BCUT2D eigenvalue weighted by Gasteiger charge is -2.20. The van der Waals surface area contributed by atoms with Crippen molar-refractivity contribution in [1.29, 1.82) is 0 Å². The third kappa shape index (κ3) is 5.85. The van der Waals surface area contributed by atoms with Gasteiger partial charge in [-0.05, 0) is 32.9 Å². The molecule has 1 aromatic rings. The smallest absolute Gasteiger partial charge is 0.307 e. The van der Waals surface area contributed by atoms with Gasteiger partial charge in [0.25, 0.3) is 5.91 Å². The maximum absolute atomic E-state index is 12.6. The first-order chi connectivity index (χ1) is 12.0. The molecule has 0 unspecified atom stereocenters. The van der Waals surface area contributed by atoms with Crippen LogP contribution in [0.2, 0.25) is 0 Å². The minimum atomic E-state index is -0.364. The van der Waals surface area contributed by atoms with Gasteiger partial charge < -0.3 is 23.8 Å². The van der Waals surface area contributed by atoms with Crippen molar-refractivity contribution in [1.82, 2.24) is 4.90 Å². The lowest BCUT2D eigenvalue weighted by Crippen LogP contribution is -2.29. The Morgan fingerprint density at radius 2 is 1.48 bits per heavy atom. The molecule has 1 rings (SSSR count). The molecular formula is C18H27NO6. The molecule has 7 heteroatoms. The van der Waals surface area contributed by atoms with Crippen molar-refractivity contribution in [2.24, 2.45) is 0 Å². The first-order valence-electron chi connectivity index (χ1n) is 8.37. The molecule has 0 aromatic heterocycles. The summed E-state index contributed by atoms with van der Waals surface area (Å²) >= 11 is 0. The Balaban J connectivity index is 3.12. The standard InChI is InChI=1S/C18H27NO6/c1-6-23-14-11-13(12-15(24-7-2)17(14)25-8-3)18(21)19(4)10-9-16(20)22-5/h11-12H,6-10H2,1-5H3. The van der Waals surface area contributed by atoms with E-state index in [9.17, 15) is 9.59 Å². The van der Waals surface area contributed by atoms with Gasteiger partial charge in [-0.15, -0.1) is 0 Å². The second-order valence-corrected chi connectivity index (χ2v) is 5.15. The third-order valence-electron chi connectivity index (χ3n) is 3.38. The van der Waals surface area contributed by atoms with Gasteiger partial charge in [-0.2, -0.15) is 0 Å². The van der Waals surface area contributed by atoms with E-state index in [0.717, 1.165) is 0 Å². The molecule has 0 saturated carbocycles. The molecule has 140 valence electrons. The molecule has 0 spiro atoms. The van der Waals surface area contributed by atoms with Crippen LogP contribution in [0.15, 0.2) is 12.1 Å². The maximum atomic E-state index is 12.6. The Labute approximate surface area is 148 Å². The fourth-order valence-corrected chi connectivity index (χ4v) is 2.20. The van der Waals surface area contributed by atoms with E-state index >= 15 is 0 Å². The van der Waals surface area contributed by atoms with E-state index < -0.39 is 0 Å². The normalized spacial score (nSPS) is 10.1. The molecule has 0 radical (unpaired) electrons. The van der Waals surface area contributed by atoms with Crippen LogP contribution in [0.1, 0.15) is 37.6 Å². The third-order valence-corrected chi connectivity index (χ3v) is 3.38. The summed E-state index contributed by atoms with van der Waals surface area (Å²) in [6.45, 7) is 7.15. The van der Waals surface area contributed by atoms with Crippen LogP contribution in [0.3, 0.4) is 0 Å². The van der Waals surface area contributed by atoms with Crippen LogP contribution in [0.4, 0.5) is 0 Å². The number of benzene rings is 1. The number of ether oxygens (including phenoxy) is 4. The van der Waals surface area contributed by atoms with Gasteiger partial charge in [-0.3, -0.25) is 9.59 Å². The number of hydrogen-bond donors (Lipinski definition) is 0. The summed E-state index contributed by atoms with van der Waals surface area (Å²) < 4.78 is 21.4. The summed E-state index contributed by atoms with van der Waals surface area (Å²) in [5.41, 5.74) is 0.405. The topological polar surface area (TPSA) is 74.3 Å². The predicted octanol–water partition coefficient (Wildman–Crippen LogP) is 2.52. The van der Waals surface area contributed by atoms with Crippen LogP contribution >= 0.6 is 0 Å². The predicted molar refractivity (Wildman–Crippen MR) is 93.5 cm³/mol.